The molecule has 4 aromatic rings. The molecule has 0 radical (unpaired) electrons. The molecule has 0 aliphatic carbocycles. The maximum Gasteiger partial charge on any atom is 0.319 e. The number of pyridine rings is 1. The largest absolute Gasteiger partial charge is 0.508 e. The molecule has 8 rings (SSSR count). The number of benzene rings is 2. The molecule has 1 amide bonds. The Balaban J connectivity index is 1.27. The third kappa shape index (κ3) is 5.57. The number of phenolic OH excluding ortho intramolecular Hbond substituents is 1. The molecule has 6 bridgehead atoms. The van der Waals surface area contributed by atoms with Gasteiger partial charge in [-0.25, -0.2) is 8.78 Å². The molecule has 3 fully saturated rings. The number of phenols is 1. The number of likely N-dealkylation sites (N-methyl/N-ethyl adjacent to an activating group) is 1. The topological polar surface area (TPSA) is 116 Å². The van der Waals surface area contributed by atoms with Gasteiger partial charge in [-0.2, -0.15) is 9.97 Å². The Morgan fingerprint density at radius 1 is 1.16 bits per heavy atom. The Kier molecular flexibility index (Phi) is 7.97. The van der Waals surface area contributed by atoms with Gasteiger partial charge in [0.15, 0.2) is 5.82 Å². The number of aromatic nitrogens is 3. The van der Waals surface area contributed by atoms with Crippen molar-refractivity contribution in [1.29, 1.82) is 0 Å². The number of carbonyl (C=O) groups excluding carboxylic acids is 1. The minimum atomic E-state index is -0.775. The summed E-state index contributed by atoms with van der Waals surface area (Å²) in [6.45, 7) is 4.46. The molecule has 1 spiro atoms. The number of ether oxygens (including phenoxy) is 2. The Labute approximate surface area is 282 Å². The molecule has 2 N–H and O–H groups in total. The highest BCUT2D eigenvalue weighted by Crippen LogP contribution is 2.42. The molecule has 254 valence electrons. The van der Waals surface area contributed by atoms with Gasteiger partial charge in [-0.3, -0.25) is 14.7 Å². The maximum absolute atomic E-state index is 16.9. The van der Waals surface area contributed by atoms with Crippen molar-refractivity contribution < 1.29 is 28.2 Å². The molecule has 0 saturated carbocycles. The van der Waals surface area contributed by atoms with E-state index in [9.17, 15) is 14.3 Å². The van der Waals surface area contributed by atoms with E-state index in [1.807, 2.05) is 4.90 Å². The van der Waals surface area contributed by atoms with E-state index >= 15 is 4.39 Å². The van der Waals surface area contributed by atoms with Crippen LogP contribution in [-0.2, 0) is 9.53 Å². The highest BCUT2D eigenvalue weighted by molar-refractivity contribution is 6.03. The predicted molar refractivity (Wildman–Crippen MR) is 179 cm³/mol. The zero-order chi connectivity index (χ0) is 33.9. The Morgan fingerprint density at radius 3 is 2.90 bits per heavy atom. The first-order valence-electron chi connectivity index (χ1n) is 16.7. The Morgan fingerprint density at radius 2 is 2.04 bits per heavy atom. The minimum absolute atomic E-state index is 0.0145. The van der Waals surface area contributed by atoms with Crippen molar-refractivity contribution in [2.75, 3.05) is 64.4 Å². The van der Waals surface area contributed by atoms with Gasteiger partial charge >= 0.3 is 6.01 Å². The number of halogens is 2. The average molecular weight is 670 g/mol. The number of hydrogen-bond acceptors (Lipinski definition) is 10. The second-order valence-corrected chi connectivity index (χ2v) is 13.6. The number of terminal acetylenes is 1. The SMILES string of the molecule is C#Cc1c(F)ccc2cc(O)cc(-c3ncc4c5nc(nc4c3F)OCC34CCCN3CC(C4)OCCC(=O)N(C)CC3CN5CCN3)c12. The molecule has 2 aromatic heterocycles. The van der Waals surface area contributed by atoms with Crippen molar-refractivity contribution in [1.82, 2.24) is 30.1 Å². The lowest BCUT2D eigenvalue weighted by atomic mass is 9.94. The fraction of sp³-hybridized carbons (Fsp3) is 0.444. The number of nitrogens with zero attached hydrogens (tertiary/aromatic N) is 6. The van der Waals surface area contributed by atoms with Crippen molar-refractivity contribution in [3.05, 3.63) is 47.7 Å². The van der Waals surface area contributed by atoms with Crippen LogP contribution in [-0.4, -0.2) is 113 Å². The monoisotopic (exact) mass is 669 g/mol. The molecule has 2 aromatic carbocycles. The first-order chi connectivity index (χ1) is 23.7. The van der Waals surface area contributed by atoms with Crippen molar-refractivity contribution in [2.45, 2.75) is 43.4 Å². The summed E-state index contributed by atoms with van der Waals surface area (Å²) in [5.74, 6) is 1.30. The molecule has 3 saturated heterocycles. The molecule has 4 aliphatic heterocycles. The smallest absolute Gasteiger partial charge is 0.319 e. The molecule has 13 heteroatoms. The predicted octanol–water partition coefficient (Wildman–Crippen LogP) is 3.45. The first-order valence-corrected chi connectivity index (χ1v) is 16.7. The normalized spacial score (nSPS) is 24.9. The standard InChI is InChI=1S/C36H37F2N7O4/c1-3-25-28(37)6-5-21-13-23(46)14-26(30(21)25)32-31(38)33-27(16-40-32)34-42-35(41-33)49-20-36-8-4-10-45(36)19-24(15-36)48-12-7-29(47)43(2)17-22-18-44(34)11-9-39-22/h1,5-6,13-14,16,22,24,39,46H,4,7-12,15,17-20H2,2H3. The molecule has 6 heterocycles. The quantitative estimate of drug-likeness (QED) is 0.292. The van der Waals surface area contributed by atoms with Crippen LogP contribution in [0.3, 0.4) is 0 Å². The summed E-state index contributed by atoms with van der Waals surface area (Å²) >= 11 is 0. The zero-order valence-electron chi connectivity index (χ0n) is 27.2. The van der Waals surface area contributed by atoms with Gasteiger partial charge in [0, 0.05) is 63.0 Å². The van der Waals surface area contributed by atoms with Crippen LogP contribution in [0.4, 0.5) is 14.6 Å². The van der Waals surface area contributed by atoms with Crippen LogP contribution >= 0.6 is 0 Å². The van der Waals surface area contributed by atoms with Gasteiger partial charge in [-0.1, -0.05) is 12.0 Å². The van der Waals surface area contributed by atoms with Gasteiger partial charge in [0.1, 0.15) is 35.2 Å². The van der Waals surface area contributed by atoms with Crippen LogP contribution in [0.25, 0.3) is 32.9 Å². The van der Waals surface area contributed by atoms with Crippen LogP contribution in [0.5, 0.6) is 11.8 Å². The van der Waals surface area contributed by atoms with Crippen molar-refractivity contribution in [3.8, 4) is 35.4 Å². The summed E-state index contributed by atoms with van der Waals surface area (Å²) in [5.41, 5.74) is -0.356. The van der Waals surface area contributed by atoms with E-state index in [4.69, 9.17) is 20.9 Å². The highest BCUT2D eigenvalue weighted by Gasteiger charge is 2.49. The van der Waals surface area contributed by atoms with E-state index in [-0.39, 0.29) is 63.1 Å². The van der Waals surface area contributed by atoms with Crippen molar-refractivity contribution in [2.24, 2.45) is 0 Å². The molecule has 3 unspecified atom stereocenters. The number of amides is 1. The second-order valence-electron chi connectivity index (χ2n) is 13.6. The zero-order valence-corrected chi connectivity index (χ0v) is 27.2. The van der Waals surface area contributed by atoms with Gasteiger partial charge in [0.05, 0.1) is 35.6 Å². The second kappa shape index (κ2) is 12.4. The van der Waals surface area contributed by atoms with Crippen molar-refractivity contribution in [3.63, 3.8) is 0 Å². The molecule has 4 aliphatic rings. The molecule has 3 atom stereocenters. The third-order valence-corrected chi connectivity index (χ3v) is 10.5. The maximum atomic E-state index is 16.9. The van der Waals surface area contributed by atoms with Crippen LogP contribution in [0.2, 0.25) is 0 Å². The Bertz CT molecular complexity index is 2020. The summed E-state index contributed by atoms with van der Waals surface area (Å²) in [5, 5.41) is 15.2. The van der Waals surface area contributed by atoms with E-state index in [0.29, 0.717) is 62.4 Å². The molecular weight excluding hydrogens is 632 g/mol. The fourth-order valence-electron chi connectivity index (χ4n) is 8.12. The number of nitrogens with one attached hydrogen (secondary N) is 1. The summed E-state index contributed by atoms with van der Waals surface area (Å²) in [7, 11) is 1.80. The van der Waals surface area contributed by atoms with E-state index in [1.165, 1.54) is 30.5 Å². The van der Waals surface area contributed by atoms with Gasteiger partial charge in [-0.15, -0.1) is 6.42 Å². The van der Waals surface area contributed by atoms with E-state index in [1.54, 1.807) is 11.9 Å². The number of anilines is 1. The summed E-state index contributed by atoms with van der Waals surface area (Å²) < 4.78 is 44.4. The van der Waals surface area contributed by atoms with Gasteiger partial charge in [0.2, 0.25) is 5.91 Å². The number of carbonyl (C=O) groups is 1. The lowest BCUT2D eigenvalue weighted by molar-refractivity contribution is -0.131. The number of hydrogen-bond donors (Lipinski definition) is 2. The van der Waals surface area contributed by atoms with Crippen LogP contribution in [0, 0.1) is 24.0 Å². The average Bonchev–Trinajstić information content (AvgIpc) is 3.64. The lowest BCUT2D eigenvalue weighted by Crippen LogP contribution is -2.55. The summed E-state index contributed by atoms with van der Waals surface area (Å²) in [4.78, 5) is 33.2. The van der Waals surface area contributed by atoms with Crippen LogP contribution in [0.1, 0.15) is 31.2 Å². The van der Waals surface area contributed by atoms with E-state index < -0.39 is 11.6 Å². The Hall–Kier alpha value is -4.64. The molecular formula is C36H37F2N7O4. The fourth-order valence-corrected chi connectivity index (χ4v) is 8.12. The van der Waals surface area contributed by atoms with Gasteiger partial charge in [-0.05, 0) is 49.4 Å². The summed E-state index contributed by atoms with van der Waals surface area (Å²) in [6.07, 6.45) is 10.2. The van der Waals surface area contributed by atoms with Gasteiger partial charge < -0.3 is 29.7 Å². The first kappa shape index (κ1) is 31.6. The lowest BCUT2D eigenvalue weighted by Gasteiger charge is -2.36. The van der Waals surface area contributed by atoms with E-state index in [0.717, 1.165) is 32.4 Å². The number of fused-ring (bicyclic) bond motifs is 9. The number of piperazine rings is 1. The minimum Gasteiger partial charge on any atom is -0.508 e. The van der Waals surface area contributed by atoms with Crippen LogP contribution in [0.15, 0.2) is 30.5 Å². The van der Waals surface area contributed by atoms with Crippen LogP contribution < -0.4 is 15.0 Å². The third-order valence-electron chi connectivity index (χ3n) is 10.5. The van der Waals surface area contributed by atoms with Gasteiger partial charge in [0.25, 0.3) is 0 Å². The van der Waals surface area contributed by atoms with Crippen molar-refractivity contribution >= 4 is 33.4 Å². The highest BCUT2D eigenvalue weighted by atomic mass is 19.1. The molecule has 11 nitrogen and oxygen atoms in total. The van der Waals surface area contributed by atoms with E-state index in [2.05, 4.69) is 26.1 Å². The number of rotatable bonds is 1. The number of aromatic hydroxyl groups is 1. The molecule has 49 heavy (non-hydrogen) atoms. The summed E-state index contributed by atoms with van der Waals surface area (Å²) in [6, 6.07) is 5.43.